The van der Waals surface area contributed by atoms with E-state index >= 15 is 0 Å². The van der Waals surface area contributed by atoms with E-state index in [1.807, 2.05) is 13.1 Å². The van der Waals surface area contributed by atoms with Crippen LogP contribution in [0, 0.1) is 11.7 Å². The first kappa shape index (κ1) is 23.3. The van der Waals surface area contributed by atoms with Gasteiger partial charge in [-0.15, -0.1) is 12.4 Å². The number of hydrogen-bond acceptors (Lipinski definition) is 5. The number of urea groups is 1. The molecular weight excluding hydrogens is 447 g/mol. The number of benzene rings is 2. The number of fused-ring (bicyclic) bond motifs is 3. The second kappa shape index (κ2) is 9.19. The van der Waals surface area contributed by atoms with E-state index < -0.39 is 6.04 Å². The number of carbonyl (C=O) groups is 1. The summed E-state index contributed by atoms with van der Waals surface area (Å²) in [6, 6.07) is 10.7. The maximum atomic E-state index is 14.0. The fraction of sp³-hybridized carbons (Fsp3) is 0.417. The molecule has 33 heavy (non-hydrogen) atoms. The number of amides is 2. The summed E-state index contributed by atoms with van der Waals surface area (Å²) < 4.78 is 20.0. The molecule has 0 spiro atoms. The zero-order chi connectivity index (χ0) is 22.4. The number of hydrogen-bond donors (Lipinski definition) is 1. The lowest BCUT2D eigenvalue weighted by Crippen LogP contribution is -2.49. The van der Waals surface area contributed by atoms with Crippen LogP contribution in [0.25, 0.3) is 0 Å². The van der Waals surface area contributed by atoms with Crippen molar-refractivity contribution < 1.29 is 19.0 Å². The first-order chi connectivity index (χ1) is 15.4. The van der Waals surface area contributed by atoms with Crippen LogP contribution in [0.1, 0.15) is 30.0 Å². The van der Waals surface area contributed by atoms with Gasteiger partial charge in [-0.3, -0.25) is 0 Å². The predicted octanol–water partition coefficient (Wildman–Crippen LogP) is 3.87. The molecule has 2 atom stereocenters. The molecule has 1 saturated heterocycles. The van der Waals surface area contributed by atoms with E-state index in [4.69, 9.17) is 9.84 Å². The van der Waals surface area contributed by atoms with Crippen LogP contribution in [-0.2, 0) is 0 Å². The number of aromatic hydroxyl groups is 1. The van der Waals surface area contributed by atoms with Gasteiger partial charge in [-0.2, -0.15) is 5.10 Å². The van der Waals surface area contributed by atoms with E-state index in [2.05, 4.69) is 11.9 Å². The van der Waals surface area contributed by atoms with Crippen molar-refractivity contribution in [2.24, 2.45) is 11.0 Å². The number of hydrazone groups is 1. The minimum atomic E-state index is -0.449. The molecule has 2 amide bonds. The zero-order valence-electron chi connectivity index (χ0n) is 18.6. The Balaban J connectivity index is 0.00000259. The van der Waals surface area contributed by atoms with Crippen LogP contribution >= 0.6 is 12.4 Å². The molecular formula is C24H28ClFN4O3. The maximum absolute atomic E-state index is 14.0. The Kier molecular flexibility index (Phi) is 6.50. The average molecular weight is 475 g/mol. The molecule has 2 aromatic carbocycles. The third-order valence-corrected chi connectivity index (χ3v) is 6.79. The van der Waals surface area contributed by atoms with Crippen molar-refractivity contribution in [2.45, 2.75) is 24.9 Å². The number of nitrogens with zero attached hydrogens (tertiary/aromatic N) is 4. The smallest absolute Gasteiger partial charge is 0.341 e. The summed E-state index contributed by atoms with van der Waals surface area (Å²) in [7, 11) is 3.91. The molecule has 0 saturated carbocycles. The van der Waals surface area contributed by atoms with Crippen LogP contribution in [0.5, 0.6) is 11.5 Å². The quantitative estimate of drug-likeness (QED) is 0.717. The summed E-state index contributed by atoms with van der Waals surface area (Å²) in [6.45, 7) is 2.20. The molecule has 0 unspecified atom stereocenters. The Bertz CT molecular complexity index is 1070. The standard InChI is InChI=1S/C24H27FN4O3.ClH/c1-27-10-8-17(9-11-27)28(2)24(31)29-23(15-4-3-5-18(30)12-15)20-14-32-21-7-6-16(25)13-19(21)22(20)26-29;/h3-7,12-13,17,20,23,30H,8-11,14H2,1-2H3;1H/t20-,23-;/m0./s1. The van der Waals surface area contributed by atoms with E-state index in [1.165, 1.54) is 17.1 Å². The highest BCUT2D eigenvalue weighted by Gasteiger charge is 2.46. The van der Waals surface area contributed by atoms with Gasteiger partial charge in [0.15, 0.2) is 0 Å². The van der Waals surface area contributed by atoms with Gasteiger partial charge in [0, 0.05) is 18.7 Å². The molecule has 0 aromatic heterocycles. The predicted molar refractivity (Wildman–Crippen MR) is 126 cm³/mol. The molecule has 5 rings (SSSR count). The highest BCUT2D eigenvalue weighted by Crippen LogP contribution is 2.43. The van der Waals surface area contributed by atoms with Gasteiger partial charge in [0.25, 0.3) is 0 Å². The van der Waals surface area contributed by atoms with E-state index in [0.717, 1.165) is 31.5 Å². The van der Waals surface area contributed by atoms with E-state index in [9.17, 15) is 14.3 Å². The van der Waals surface area contributed by atoms with Gasteiger partial charge >= 0.3 is 6.03 Å². The minimum absolute atomic E-state index is 0. The van der Waals surface area contributed by atoms with Gasteiger partial charge in [0.2, 0.25) is 0 Å². The van der Waals surface area contributed by atoms with Gasteiger partial charge in [-0.25, -0.2) is 14.2 Å². The number of likely N-dealkylation sites (tertiary alicyclic amines) is 1. The van der Waals surface area contributed by atoms with Crippen molar-refractivity contribution in [2.75, 3.05) is 33.8 Å². The van der Waals surface area contributed by atoms with E-state index in [-0.39, 0.29) is 42.0 Å². The van der Waals surface area contributed by atoms with E-state index in [0.29, 0.717) is 23.6 Å². The summed E-state index contributed by atoms with van der Waals surface area (Å²) in [5, 5.41) is 16.3. The summed E-state index contributed by atoms with van der Waals surface area (Å²) in [6.07, 6.45) is 1.81. The molecule has 0 bridgehead atoms. The van der Waals surface area contributed by atoms with Crippen LogP contribution < -0.4 is 4.74 Å². The second-order valence-corrected chi connectivity index (χ2v) is 8.86. The number of ether oxygens (including phenoxy) is 1. The molecule has 2 aromatic rings. The number of piperidine rings is 1. The van der Waals surface area contributed by atoms with E-state index in [1.54, 1.807) is 29.2 Å². The zero-order valence-corrected chi connectivity index (χ0v) is 19.5. The monoisotopic (exact) mass is 474 g/mol. The summed E-state index contributed by atoms with van der Waals surface area (Å²) in [4.78, 5) is 17.7. The lowest BCUT2D eigenvalue weighted by atomic mass is 9.86. The normalized spacial score (nSPS) is 22.5. The number of halogens is 2. The SMILES string of the molecule is CN1CCC(N(C)C(=O)N2N=C3c4cc(F)ccc4OC[C@@H]3[C@@H]2c2cccc(O)c2)CC1.Cl. The van der Waals surface area contributed by atoms with Crippen LogP contribution in [0.3, 0.4) is 0 Å². The number of rotatable bonds is 2. The third-order valence-electron chi connectivity index (χ3n) is 6.79. The van der Waals surface area contributed by atoms with Gasteiger partial charge in [0.05, 0.1) is 24.3 Å². The molecule has 3 heterocycles. The molecule has 3 aliphatic heterocycles. The van der Waals surface area contributed by atoms with Crippen molar-refractivity contribution in [1.29, 1.82) is 0 Å². The molecule has 0 radical (unpaired) electrons. The first-order valence-electron chi connectivity index (χ1n) is 11.0. The van der Waals surface area contributed by atoms with Crippen LogP contribution in [0.15, 0.2) is 47.6 Å². The molecule has 9 heteroatoms. The van der Waals surface area contributed by atoms with Crippen molar-refractivity contribution in [3.63, 3.8) is 0 Å². The fourth-order valence-electron chi connectivity index (χ4n) is 4.95. The molecule has 176 valence electrons. The van der Waals surface area contributed by atoms with Crippen molar-refractivity contribution >= 4 is 24.1 Å². The molecule has 1 fully saturated rings. The fourth-order valence-corrected chi connectivity index (χ4v) is 4.95. The highest BCUT2D eigenvalue weighted by molar-refractivity contribution is 6.07. The lowest BCUT2D eigenvalue weighted by molar-refractivity contribution is 0.102. The Labute approximate surface area is 198 Å². The van der Waals surface area contributed by atoms with Gasteiger partial charge in [-0.1, -0.05) is 12.1 Å². The summed E-state index contributed by atoms with van der Waals surface area (Å²) in [5.74, 6) is 0.0444. The first-order valence-corrected chi connectivity index (χ1v) is 11.0. The molecule has 7 nitrogen and oxygen atoms in total. The highest BCUT2D eigenvalue weighted by atomic mass is 35.5. The van der Waals surface area contributed by atoms with Gasteiger partial charge in [0.1, 0.15) is 17.3 Å². The van der Waals surface area contributed by atoms with Gasteiger partial charge < -0.3 is 19.6 Å². The number of carbonyl (C=O) groups excluding carboxylic acids is 1. The van der Waals surface area contributed by atoms with Crippen LogP contribution in [0.4, 0.5) is 9.18 Å². The van der Waals surface area contributed by atoms with Crippen LogP contribution in [0.2, 0.25) is 0 Å². The topological polar surface area (TPSA) is 68.6 Å². The lowest BCUT2D eigenvalue weighted by Gasteiger charge is -2.37. The number of phenols is 1. The van der Waals surface area contributed by atoms with Gasteiger partial charge in [-0.05, 0) is 68.9 Å². The molecule has 1 N–H and O–H groups in total. The Morgan fingerprint density at radius 3 is 2.70 bits per heavy atom. The summed E-state index contributed by atoms with van der Waals surface area (Å²) >= 11 is 0. The molecule has 0 aliphatic carbocycles. The van der Waals surface area contributed by atoms with Crippen molar-refractivity contribution in [3.8, 4) is 11.5 Å². The van der Waals surface area contributed by atoms with Crippen LogP contribution in [-0.4, -0.2) is 71.5 Å². The Morgan fingerprint density at radius 1 is 1.21 bits per heavy atom. The van der Waals surface area contributed by atoms with Crippen molar-refractivity contribution in [3.05, 3.63) is 59.4 Å². The molecule has 3 aliphatic rings. The average Bonchev–Trinajstić information content (AvgIpc) is 3.19. The van der Waals surface area contributed by atoms with Crippen molar-refractivity contribution in [1.82, 2.24) is 14.8 Å². The summed E-state index contributed by atoms with van der Waals surface area (Å²) in [5.41, 5.74) is 1.98. The minimum Gasteiger partial charge on any atom is -0.508 e. The maximum Gasteiger partial charge on any atom is 0.341 e. The second-order valence-electron chi connectivity index (χ2n) is 8.86. The Morgan fingerprint density at radius 2 is 1.97 bits per heavy atom. The number of phenolic OH excluding ortho intramolecular Hbond substituents is 1. The third kappa shape index (κ3) is 4.25. The largest absolute Gasteiger partial charge is 0.508 e. The Hall–Kier alpha value is -2.84.